The first kappa shape index (κ1) is 9.93. The monoisotopic (exact) mass is 202 g/mol. The highest BCUT2D eigenvalue weighted by Crippen LogP contribution is 2.07. The number of hydrogen-bond acceptors (Lipinski definition) is 3. The SMILES string of the molecule is NC(Cc1ccncc1)Cc1ccoc1. The second-order valence-electron chi connectivity index (χ2n) is 3.66. The fraction of sp³-hybridized carbons (Fsp3) is 0.250. The van der Waals surface area contributed by atoms with E-state index in [2.05, 4.69) is 4.98 Å². The van der Waals surface area contributed by atoms with Gasteiger partial charge in [0.15, 0.2) is 0 Å². The van der Waals surface area contributed by atoms with Crippen LogP contribution in [0.3, 0.4) is 0 Å². The fourth-order valence-corrected chi connectivity index (χ4v) is 1.61. The van der Waals surface area contributed by atoms with Crippen LogP contribution in [0.1, 0.15) is 11.1 Å². The molecule has 2 rings (SSSR count). The molecule has 0 aromatic carbocycles. The minimum Gasteiger partial charge on any atom is -0.472 e. The van der Waals surface area contributed by atoms with Gasteiger partial charge in [0.2, 0.25) is 0 Å². The maximum Gasteiger partial charge on any atom is 0.0935 e. The summed E-state index contributed by atoms with van der Waals surface area (Å²) in [7, 11) is 0. The molecule has 2 N–H and O–H groups in total. The van der Waals surface area contributed by atoms with E-state index in [4.69, 9.17) is 10.2 Å². The highest BCUT2D eigenvalue weighted by atomic mass is 16.3. The fourth-order valence-electron chi connectivity index (χ4n) is 1.61. The Balaban J connectivity index is 1.90. The van der Waals surface area contributed by atoms with Crippen LogP contribution >= 0.6 is 0 Å². The molecular formula is C12H14N2O. The van der Waals surface area contributed by atoms with Gasteiger partial charge in [0.25, 0.3) is 0 Å². The van der Waals surface area contributed by atoms with E-state index in [1.54, 1.807) is 24.9 Å². The van der Waals surface area contributed by atoms with Crippen LogP contribution in [0.15, 0.2) is 47.5 Å². The number of nitrogens with two attached hydrogens (primary N) is 1. The van der Waals surface area contributed by atoms with Gasteiger partial charge in [-0.25, -0.2) is 0 Å². The van der Waals surface area contributed by atoms with Crippen molar-refractivity contribution in [3.8, 4) is 0 Å². The molecule has 0 radical (unpaired) electrons. The first-order chi connectivity index (χ1) is 7.34. The predicted molar refractivity (Wildman–Crippen MR) is 58.3 cm³/mol. The van der Waals surface area contributed by atoms with Crippen LogP contribution < -0.4 is 5.73 Å². The lowest BCUT2D eigenvalue weighted by Gasteiger charge is -2.09. The second kappa shape index (κ2) is 4.75. The lowest BCUT2D eigenvalue weighted by molar-refractivity contribution is 0.559. The van der Waals surface area contributed by atoms with Crippen molar-refractivity contribution in [3.05, 3.63) is 54.2 Å². The van der Waals surface area contributed by atoms with Crippen molar-refractivity contribution in [2.75, 3.05) is 0 Å². The topological polar surface area (TPSA) is 52.0 Å². The summed E-state index contributed by atoms with van der Waals surface area (Å²) in [5.74, 6) is 0. The van der Waals surface area contributed by atoms with Gasteiger partial charge in [0, 0.05) is 18.4 Å². The zero-order valence-electron chi connectivity index (χ0n) is 8.47. The molecule has 1 atom stereocenters. The molecule has 2 aromatic heterocycles. The van der Waals surface area contributed by atoms with Crippen molar-refractivity contribution in [1.29, 1.82) is 0 Å². The Morgan fingerprint density at radius 3 is 2.53 bits per heavy atom. The van der Waals surface area contributed by atoms with E-state index in [0.29, 0.717) is 0 Å². The molecule has 0 aliphatic rings. The molecule has 0 aliphatic heterocycles. The van der Waals surface area contributed by atoms with Crippen LogP contribution in [0.4, 0.5) is 0 Å². The molecule has 3 heteroatoms. The molecule has 0 saturated carbocycles. The summed E-state index contributed by atoms with van der Waals surface area (Å²) in [6.07, 6.45) is 8.72. The summed E-state index contributed by atoms with van der Waals surface area (Å²) in [6, 6.07) is 6.07. The van der Waals surface area contributed by atoms with Crippen LogP contribution in [0.25, 0.3) is 0 Å². The Bertz CT molecular complexity index is 383. The summed E-state index contributed by atoms with van der Waals surface area (Å²) in [5.41, 5.74) is 8.41. The number of pyridine rings is 1. The van der Waals surface area contributed by atoms with Crippen molar-refractivity contribution in [3.63, 3.8) is 0 Å². The van der Waals surface area contributed by atoms with Gasteiger partial charge in [0.1, 0.15) is 0 Å². The first-order valence-electron chi connectivity index (χ1n) is 5.00. The molecule has 0 spiro atoms. The summed E-state index contributed by atoms with van der Waals surface area (Å²) < 4.78 is 5.00. The molecule has 0 saturated heterocycles. The third-order valence-electron chi connectivity index (χ3n) is 2.33. The van der Waals surface area contributed by atoms with E-state index >= 15 is 0 Å². The van der Waals surface area contributed by atoms with Crippen LogP contribution in [0.5, 0.6) is 0 Å². The minimum absolute atomic E-state index is 0.130. The minimum atomic E-state index is 0.130. The third-order valence-corrected chi connectivity index (χ3v) is 2.33. The van der Waals surface area contributed by atoms with Gasteiger partial charge in [-0.05, 0) is 42.2 Å². The quantitative estimate of drug-likeness (QED) is 0.822. The molecule has 3 nitrogen and oxygen atoms in total. The van der Waals surface area contributed by atoms with Crippen LogP contribution in [-0.4, -0.2) is 11.0 Å². The zero-order chi connectivity index (χ0) is 10.5. The van der Waals surface area contributed by atoms with Crippen molar-refractivity contribution < 1.29 is 4.42 Å². The maximum absolute atomic E-state index is 6.03. The Kier molecular flexibility index (Phi) is 3.15. The maximum atomic E-state index is 6.03. The second-order valence-corrected chi connectivity index (χ2v) is 3.66. The van der Waals surface area contributed by atoms with Gasteiger partial charge in [0.05, 0.1) is 12.5 Å². The van der Waals surface area contributed by atoms with E-state index in [1.165, 1.54) is 5.56 Å². The van der Waals surface area contributed by atoms with E-state index < -0.39 is 0 Å². The molecule has 0 aliphatic carbocycles. The van der Waals surface area contributed by atoms with Crippen molar-refractivity contribution in [1.82, 2.24) is 4.98 Å². The summed E-state index contributed by atoms with van der Waals surface area (Å²) in [4.78, 5) is 3.97. The average molecular weight is 202 g/mol. The molecule has 2 heterocycles. The molecule has 2 aromatic rings. The Labute approximate surface area is 88.9 Å². The van der Waals surface area contributed by atoms with Gasteiger partial charge < -0.3 is 10.2 Å². The number of aromatic nitrogens is 1. The van der Waals surface area contributed by atoms with Gasteiger partial charge in [-0.3, -0.25) is 4.98 Å². The van der Waals surface area contributed by atoms with Crippen LogP contribution in [0.2, 0.25) is 0 Å². The summed E-state index contributed by atoms with van der Waals surface area (Å²) >= 11 is 0. The lowest BCUT2D eigenvalue weighted by atomic mass is 10.0. The van der Waals surface area contributed by atoms with Crippen LogP contribution in [-0.2, 0) is 12.8 Å². The number of hydrogen-bond donors (Lipinski definition) is 1. The van der Waals surface area contributed by atoms with E-state index in [0.717, 1.165) is 18.4 Å². The van der Waals surface area contributed by atoms with E-state index in [1.807, 2.05) is 18.2 Å². The molecule has 0 bridgehead atoms. The van der Waals surface area contributed by atoms with E-state index in [9.17, 15) is 0 Å². The van der Waals surface area contributed by atoms with Crippen molar-refractivity contribution >= 4 is 0 Å². The standard InChI is InChI=1S/C12H14N2O/c13-12(8-11-3-6-15-9-11)7-10-1-4-14-5-2-10/h1-6,9,12H,7-8,13H2. The zero-order valence-corrected chi connectivity index (χ0v) is 8.47. The first-order valence-corrected chi connectivity index (χ1v) is 5.00. The number of furan rings is 1. The van der Waals surface area contributed by atoms with Gasteiger partial charge in [-0.2, -0.15) is 0 Å². The average Bonchev–Trinajstić information content (AvgIpc) is 2.71. The summed E-state index contributed by atoms with van der Waals surface area (Å²) in [6.45, 7) is 0. The summed E-state index contributed by atoms with van der Waals surface area (Å²) in [5, 5.41) is 0. The Hall–Kier alpha value is -1.61. The predicted octanol–water partition coefficient (Wildman–Crippen LogP) is 1.79. The van der Waals surface area contributed by atoms with Gasteiger partial charge in [-0.1, -0.05) is 0 Å². The van der Waals surface area contributed by atoms with Crippen molar-refractivity contribution in [2.24, 2.45) is 5.73 Å². The van der Waals surface area contributed by atoms with Crippen LogP contribution in [0, 0.1) is 0 Å². The number of rotatable bonds is 4. The van der Waals surface area contributed by atoms with E-state index in [-0.39, 0.29) is 6.04 Å². The number of nitrogens with zero attached hydrogens (tertiary/aromatic N) is 1. The smallest absolute Gasteiger partial charge is 0.0935 e. The molecule has 0 fully saturated rings. The molecule has 1 unspecified atom stereocenters. The molecular weight excluding hydrogens is 188 g/mol. The Morgan fingerprint density at radius 1 is 1.13 bits per heavy atom. The van der Waals surface area contributed by atoms with Gasteiger partial charge >= 0.3 is 0 Å². The molecule has 15 heavy (non-hydrogen) atoms. The highest BCUT2D eigenvalue weighted by Gasteiger charge is 2.05. The molecule has 0 amide bonds. The third kappa shape index (κ3) is 2.92. The molecule has 78 valence electrons. The highest BCUT2D eigenvalue weighted by molar-refractivity contribution is 5.13. The lowest BCUT2D eigenvalue weighted by Crippen LogP contribution is -2.25. The normalized spacial score (nSPS) is 12.6. The van der Waals surface area contributed by atoms with Gasteiger partial charge in [-0.15, -0.1) is 0 Å². The largest absolute Gasteiger partial charge is 0.472 e. The van der Waals surface area contributed by atoms with Crippen molar-refractivity contribution in [2.45, 2.75) is 18.9 Å². The Morgan fingerprint density at radius 2 is 1.87 bits per heavy atom.